The molecule has 10 heteroatoms. The number of amides is 1. The highest BCUT2D eigenvalue weighted by atomic mass is 32.2. The van der Waals surface area contributed by atoms with Gasteiger partial charge in [0.15, 0.2) is 15.8 Å². The molecule has 6 nitrogen and oxygen atoms in total. The third kappa shape index (κ3) is 5.45. The average Bonchev–Trinajstić information content (AvgIpc) is 2.44. The highest BCUT2D eigenvalue weighted by molar-refractivity contribution is 7.90. The van der Waals surface area contributed by atoms with Gasteiger partial charge in [-0.1, -0.05) is 25.8 Å². The molecule has 0 spiro atoms. The monoisotopic (exact) mass is 379 g/mol. The molecule has 0 aliphatic heterocycles. The number of nitrogens with two attached hydrogens (primary N) is 2. The van der Waals surface area contributed by atoms with Crippen molar-refractivity contribution in [2.24, 2.45) is 16.5 Å². The van der Waals surface area contributed by atoms with E-state index in [1.54, 1.807) is 0 Å². The third-order valence-electron chi connectivity index (χ3n) is 3.40. The molecule has 1 rings (SSSR count). The van der Waals surface area contributed by atoms with Gasteiger partial charge in [-0.15, -0.1) is 0 Å². The molecule has 0 bridgehead atoms. The van der Waals surface area contributed by atoms with Crippen molar-refractivity contribution in [3.63, 3.8) is 0 Å². The minimum Gasteiger partial charge on any atom is -0.370 e. The van der Waals surface area contributed by atoms with E-state index in [1.807, 2.05) is 6.92 Å². The Hall–Kier alpha value is -2.10. The fourth-order valence-corrected chi connectivity index (χ4v) is 3.69. The molecule has 0 saturated carbocycles. The van der Waals surface area contributed by atoms with Crippen molar-refractivity contribution in [3.05, 3.63) is 28.8 Å². The van der Waals surface area contributed by atoms with Crippen LogP contribution in [-0.4, -0.2) is 26.5 Å². The summed E-state index contributed by atoms with van der Waals surface area (Å²) in [5.41, 5.74) is 7.65. The number of halogens is 3. The zero-order valence-electron chi connectivity index (χ0n) is 13.9. The minimum atomic E-state index is -5.07. The van der Waals surface area contributed by atoms with E-state index in [1.165, 1.54) is 6.07 Å². The Labute approximate surface area is 144 Å². The molecule has 0 aliphatic rings. The van der Waals surface area contributed by atoms with E-state index in [9.17, 15) is 26.4 Å². The van der Waals surface area contributed by atoms with Crippen LogP contribution in [0.15, 0.2) is 22.0 Å². The predicted octanol–water partition coefficient (Wildman–Crippen LogP) is 2.26. The predicted molar refractivity (Wildman–Crippen MR) is 87.9 cm³/mol. The zero-order valence-corrected chi connectivity index (χ0v) is 14.7. The Balaban J connectivity index is 3.74. The van der Waals surface area contributed by atoms with Gasteiger partial charge in [0.1, 0.15) is 0 Å². The number of aliphatic imine (C=N–C) groups is 1. The number of aryl methyl sites for hydroxylation is 1. The molecule has 25 heavy (non-hydrogen) atoms. The van der Waals surface area contributed by atoms with Gasteiger partial charge in [-0.3, -0.25) is 4.79 Å². The summed E-state index contributed by atoms with van der Waals surface area (Å²) in [4.78, 5) is 14.1. The fraction of sp³-hybridized carbons (Fsp3) is 0.467. The van der Waals surface area contributed by atoms with Crippen molar-refractivity contribution in [3.8, 4) is 0 Å². The van der Waals surface area contributed by atoms with Crippen molar-refractivity contribution in [1.82, 2.24) is 0 Å². The smallest absolute Gasteiger partial charge is 0.370 e. The van der Waals surface area contributed by atoms with Crippen LogP contribution in [0.4, 0.5) is 13.2 Å². The summed E-state index contributed by atoms with van der Waals surface area (Å²) in [6.07, 6.45) is -2.16. The topological polar surface area (TPSA) is 116 Å². The van der Waals surface area contributed by atoms with E-state index in [-0.39, 0.29) is 12.0 Å². The lowest BCUT2D eigenvalue weighted by Crippen LogP contribution is -2.25. The molecule has 4 N–H and O–H groups in total. The van der Waals surface area contributed by atoms with E-state index in [4.69, 9.17) is 11.5 Å². The van der Waals surface area contributed by atoms with Gasteiger partial charge in [-0.05, 0) is 24.5 Å². The number of nitrogens with zero attached hydrogens (tertiary/aromatic N) is 1. The first-order valence-corrected chi connectivity index (χ1v) is 9.35. The van der Waals surface area contributed by atoms with Gasteiger partial charge in [0.05, 0.1) is 16.0 Å². The second-order valence-electron chi connectivity index (χ2n) is 5.55. The van der Waals surface area contributed by atoms with Crippen molar-refractivity contribution in [1.29, 1.82) is 0 Å². The third-order valence-corrected chi connectivity index (χ3v) is 4.61. The Kier molecular flexibility index (Phi) is 6.58. The molecular formula is C15H20F3N3O3S. The summed E-state index contributed by atoms with van der Waals surface area (Å²) in [5, 5.41) is 0. The molecule has 140 valence electrons. The first-order chi connectivity index (χ1) is 11.4. The molecule has 1 aromatic rings. The summed E-state index contributed by atoms with van der Waals surface area (Å²) < 4.78 is 64.8. The SMILES string of the molecule is CCCCCc1ccc(C(=O)N=C(N)N)c(C(F)(F)F)c1S(C)(=O)=O. The molecular weight excluding hydrogens is 359 g/mol. The number of guanidine groups is 1. The minimum absolute atomic E-state index is 0.0181. The highest BCUT2D eigenvalue weighted by Crippen LogP contribution is 2.39. The molecule has 0 aliphatic carbocycles. The lowest BCUT2D eigenvalue weighted by molar-refractivity contribution is -0.140. The van der Waals surface area contributed by atoms with Gasteiger partial charge in [0.25, 0.3) is 5.91 Å². The second-order valence-corrected chi connectivity index (χ2v) is 7.50. The Morgan fingerprint density at radius 2 is 1.80 bits per heavy atom. The number of unbranched alkanes of at least 4 members (excludes halogenated alkanes) is 2. The maximum Gasteiger partial charge on any atom is 0.418 e. The van der Waals surface area contributed by atoms with Crippen LogP contribution in [0.3, 0.4) is 0 Å². The van der Waals surface area contributed by atoms with E-state index < -0.39 is 43.9 Å². The first-order valence-electron chi connectivity index (χ1n) is 7.46. The van der Waals surface area contributed by atoms with E-state index in [2.05, 4.69) is 4.99 Å². The van der Waals surface area contributed by atoms with Crippen LogP contribution in [0.5, 0.6) is 0 Å². The number of sulfone groups is 1. The summed E-state index contributed by atoms with van der Waals surface area (Å²) in [6.45, 7) is 1.91. The second kappa shape index (κ2) is 7.85. The van der Waals surface area contributed by atoms with E-state index >= 15 is 0 Å². The number of carbonyl (C=O) groups excluding carboxylic acids is 1. The fourth-order valence-electron chi connectivity index (χ4n) is 2.45. The molecule has 1 amide bonds. The van der Waals surface area contributed by atoms with Gasteiger partial charge >= 0.3 is 6.18 Å². The number of hydrogen-bond donors (Lipinski definition) is 2. The van der Waals surface area contributed by atoms with Crippen molar-refractivity contribution >= 4 is 21.7 Å². The van der Waals surface area contributed by atoms with Gasteiger partial charge in [-0.2, -0.15) is 18.2 Å². The summed E-state index contributed by atoms with van der Waals surface area (Å²) in [5.74, 6) is -2.07. The van der Waals surface area contributed by atoms with Crippen LogP contribution >= 0.6 is 0 Å². The number of rotatable bonds is 6. The Bertz CT molecular complexity index is 783. The molecule has 0 saturated heterocycles. The van der Waals surface area contributed by atoms with Gasteiger partial charge < -0.3 is 11.5 Å². The average molecular weight is 379 g/mol. The summed E-state index contributed by atoms with van der Waals surface area (Å²) >= 11 is 0. The normalized spacial score (nSPS) is 12.0. The van der Waals surface area contributed by atoms with Crippen LogP contribution in [0.25, 0.3) is 0 Å². The Morgan fingerprint density at radius 1 is 1.20 bits per heavy atom. The van der Waals surface area contributed by atoms with E-state index in [0.29, 0.717) is 12.7 Å². The Morgan fingerprint density at radius 3 is 2.24 bits per heavy atom. The van der Waals surface area contributed by atoms with Crippen LogP contribution in [-0.2, 0) is 22.4 Å². The van der Waals surface area contributed by atoms with Crippen molar-refractivity contribution in [2.75, 3.05) is 6.26 Å². The maximum absolute atomic E-state index is 13.6. The molecule has 0 aromatic heterocycles. The van der Waals surface area contributed by atoms with Crippen molar-refractivity contribution < 1.29 is 26.4 Å². The van der Waals surface area contributed by atoms with Crippen LogP contribution in [0.2, 0.25) is 0 Å². The van der Waals surface area contributed by atoms with Gasteiger partial charge in [0, 0.05) is 6.26 Å². The van der Waals surface area contributed by atoms with Crippen LogP contribution in [0, 0.1) is 0 Å². The standard InChI is InChI=1S/C15H20F3N3O3S/c1-3-4-5-6-9-7-8-10(13(22)21-14(19)20)11(15(16,17)18)12(9)25(2,23)24/h7-8H,3-6H2,1-2H3,(H4,19,20,21,22). The largest absolute Gasteiger partial charge is 0.418 e. The molecule has 0 heterocycles. The summed E-state index contributed by atoms with van der Waals surface area (Å²) in [7, 11) is -4.25. The lowest BCUT2D eigenvalue weighted by atomic mass is 9.99. The van der Waals surface area contributed by atoms with Gasteiger partial charge in [-0.25, -0.2) is 8.42 Å². The molecule has 0 unspecified atom stereocenters. The van der Waals surface area contributed by atoms with Crippen LogP contribution in [0.1, 0.15) is 47.7 Å². The van der Waals surface area contributed by atoms with E-state index in [0.717, 1.165) is 18.9 Å². The van der Waals surface area contributed by atoms with Crippen LogP contribution < -0.4 is 11.5 Å². The lowest BCUT2D eigenvalue weighted by Gasteiger charge is -2.18. The number of alkyl halides is 3. The maximum atomic E-state index is 13.6. The summed E-state index contributed by atoms with van der Waals surface area (Å²) in [6, 6.07) is 2.12. The number of carbonyl (C=O) groups is 1. The first kappa shape index (κ1) is 20.9. The van der Waals surface area contributed by atoms with Gasteiger partial charge in [0.2, 0.25) is 0 Å². The molecule has 0 fully saturated rings. The number of hydrogen-bond acceptors (Lipinski definition) is 3. The molecule has 0 radical (unpaired) electrons. The highest BCUT2D eigenvalue weighted by Gasteiger charge is 2.41. The zero-order chi connectivity index (χ0) is 19.4. The van der Waals surface area contributed by atoms with Crippen molar-refractivity contribution in [2.45, 2.75) is 43.7 Å². The molecule has 1 aromatic carbocycles. The number of benzene rings is 1. The molecule has 0 atom stereocenters. The quantitative estimate of drug-likeness (QED) is 0.447.